The molecule has 1 aromatic carbocycles. The molecule has 1 unspecified atom stereocenters. The summed E-state index contributed by atoms with van der Waals surface area (Å²) in [4.78, 5) is 5.60. The van der Waals surface area contributed by atoms with Gasteiger partial charge in [0.15, 0.2) is 0 Å². The van der Waals surface area contributed by atoms with Gasteiger partial charge in [-0.3, -0.25) is 0 Å². The van der Waals surface area contributed by atoms with E-state index in [1.165, 1.54) is 16.1 Å². The lowest BCUT2D eigenvalue weighted by atomic mass is 9.94. The van der Waals surface area contributed by atoms with Crippen molar-refractivity contribution >= 4 is 17.0 Å². The lowest BCUT2D eigenvalue weighted by Gasteiger charge is -2.26. The van der Waals surface area contributed by atoms with Gasteiger partial charge >= 0.3 is 0 Å². The van der Waals surface area contributed by atoms with Crippen LogP contribution < -0.4 is 10.6 Å². The lowest BCUT2D eigenvalue weighted by molar-refractivity contribution is 0.484. The van der Waals surface area contributed by atoms with Gasteiger partial charge in [0.25, 0.3) is 0 Å². The second-order valence-electron chi connectivity index (χ2n) is 5.08. The summed E-state index contributed by atoms with van der Waals surface area (Å²) in [5.41, 5.74) is 2.74. The third kappa shape index (κ3) is 3.14. The van der Waals surface area contributed by atoms with Crippen molar-refractivity contribution in [3.63, 3.8) is 0 Å². The monoisotopic (exact) mass is 273 g/mol. The Morgan fingerprint density at radius 1 is 1.42 bits per heavy atom. The van der Waals surface area contributed by atoms with E-state index in [1.807, 2.05) is 6.20 Å². The molecule has 0 amide bonds. The molecule has 0 spiro atoms. The summed E-state index contributed by atoms with van der Waals surface area (Å²) in [5, 5.41) is 8.21. The maximum absolute atomic E-state index is 4.28. The van der Waals surface area contributed by atoms with Gasteiger partial charge < -0.3 is 10.6 Å². The molecule has 0 aliphatic carbocycles. The Kier molecular flexibility index (Phi) is 3.80. The number of thiazole rings is 1. The molecule has 3 nitrogen and oxygen atoms in total. The van der Waals surface area contributed by atoms with Gasteiger partial charge in [-0.15, -0.1) is 11.3 Å². The number of benzene rings is 1. The lowest BCUT2D eigenvalue weighted by Crippen LogP contribution is -2.32. The Balaban J connectivity index is 1.50. The SMILES string of the molecule is Cc1ncc(CNCC2CNc3ccccc3C2)s1. The van der Waals surface area contributed by atoms with Gasteiger partial charge in [-0.1, -0.05) is 18.2 Å². The molecule has 0 fully saturated rings. The molecule has 1 aromatic heterocycles. The van der Waals surface area contributed by atoms with Crippen LogP contribution in [0.4, 0.5) is 5.69 Å². The van der Waals surface area contributed by atoms with Gasteiger partial charge in [0.05, 0.1) is 5.01 Å². The van der Waals surface area contributed by atoms with Crippen molar-refractivity contribution in [1.29, 1.82) is 0 Å². The fourth-order valence-electron chi connectivity index (χ4n) is 2.54. The Morgan fingerprint density at radius 2 is 2.32 bits per heavy atom. The first-order valence-electron chi connectivity index (χ1n) is 6.75. The molecule has 2 N–H and O–H groups in total. The summed E-state index contributed by atoms with van der Waals surface area (Å²) >= 11 is 1.77. The summed E-state index contributed by atoms with van der Waals surface area (Å²) in [5.74, 6) is 0.670. The zero-order valence-corrected chi connectivity index (χ0v) is 12.0. The summed E-state index contributed by atoms with van der Waals surface area (Å²) in [6.45, 7) is 5.10. The van der Waals surface area contributed by atoms with E-state index in [2.05, 4.69) is 46.8 Å². The molecule has 0 saturated heterocycles. The first-order valence-corrected chi connectivity index (χ1v) is 7.57. The van der Waals surface area contributed by atoms with Crippen molar-refractivity contribution in [3.8, 4) is 0 Å². The average Bonchev–Trinajstić information content (AvgIpc) is 2.84. The zero-order chi connectivity index (χ0) is 13.1. The number of rotatable bonds is 4. The fraction of sp³-hybridized carbons (Fsp3) is 0.400. The van der Waals surface area contributed by atoms with Gasteiger partial charge in [-0.2, -0.15) is 0 Å². The maximum atomic E-state index is 4.28. The summed E-state index contributed by atoms with van der Waals surface area (Å²) in [6, 6.07) is 8.60. The Labute approximate surface area is 118 Å². The van der Waals surface area contributed by atoms with Crippen molar-refractivity contribution in [2.75, 3.05) is 18.4 Å². The van der Waals surface area contributed by atoms with Crippen LogP contribution in [-0.4, -0.2) is 18.1 Å². The number of fused-ring (bicyclic) bond motifs is 1. The molecule has 2 heterocycles. The van der Waals surface area contributed by atoms with Crippen LogP contribution in [0.15, 0.2) is 30.5 Å². The zero-order valence-electron chi connectivity index (χ0n) is 11.1. The summed E-state index contributed by atoms with van der Waals surface area (Å²) < 4.78 is 0. The Bertz CT molecular complexity index is 550. The summed E-state index contributed by atoms with van der Waals surface area (Å²) in [6.07, 6.45) is 3.14. The third-order valence-electron chi connectivity index (χ3n) is 3.51. The van der Waals surface area contributed by atoms with Crippen LogP contribution in [-0.2, 0) is 13.0 Å². The van der Waals surface area contributed by atoms with E-state index in [1.54, 1.807) is 11.3 Å². The van der Waals surface area contributed by atoms with Gasteiger partial charge in [0, 0.05) is 36.4 Å². The summed E-state index contributed by atoms with van der Waals surface area (Å²) in [7, 11) is 0. The van der Waals surface area contributed by atoms with E-state index >= 15 is 0 Å². The molecule has 0 saturated carbocycles. The van der Waals surface area contributed by atoms with Crippen molar-refractivity contribution in [3.05, 3.63) is 45.9 Å². The topological polar surface area (TPSA) is 37.0 Å². The van der Waals surface area contributed by atoms with E-state index in [-0.39, 0.29) is 0 Å². The van der Waals surface area contributed by atoms with Gasteiger partial charge in [0.2, 0.25) is 0 Å². The minimum Gasteiger partial charge on any atom is -0.384 e. The quantitative estimate of drug-likeness (QED) is 0.899. The third-order valence-corrected chi connectivity index (χ3v) is 4.42. The smallest absolute Gasteiger partial charge is 0.0897 e. The van der Waals surface area contributed by atoms with Gasteiger partial charge in [-0.25, -0.2) is 4.98 Å². The van der Waals surface area contributed by atoms with Gasteiger partial charge in [-0.05, 0) is 30.9 Å². The second-order valence-corrected chi connectivity index (χ2v) is 6.40. The highest BCUT2D eigenvalue weighted by atomic mass is 32.1. The molecule has 0 radical (unpaired) electrons. The van der Waals surface area contributed by atoms with Crippen LogP contribution in [0.1, 0.15) is 15.4 Å². The van der Waals surface area contributed by atoms with E-state index in [0.29, 0.717) is 5.92 Å². The van der Waals surface area contributed by atoms with E-state index in [9.17, 15) is 0 Å². The Morgan fingerprint density at radius 3 is 3.16 bits per heavy atom. The van der Waals surface area contributed by atoms with E-state index < -0.39 is 0 Å². The molecule has 100 valence electrons. The standard InChI is InChI=1S/C15H19N3S/c1-11-17-10-14(19-11)9-16-7-12-6-13-4-2-3-5-15(13)18-8-12/h2-5,10,12,16,18H,6-9H2,1H3. The van der Waals surface area contributed by atoms with Crippen molar-refractivity contribution < 1.29 is 0 Å². The van der Waals surface area contributed by atoms with Crippen LogP contribution >= 0.6 is 11.3 Å². The van der Waals surface area contributed by atoms with Crippen LogP contribution in [0.3, 0.4) is 0 Å². The highest BCUT2D eigenvalue weighted by Gasteiger charge is 2.17. The van der Waals surface area contributed by atoms with Crippen molar-refractivity contribution in [2.24, 2.45) is 5.92 Å². The van der Waals surface area contributed by atoms with Crippen molar-refractivity contribution in [1.82, 2.24) is 10.3 Å². The molecule has 0 bridgehead atoms. The molecule has 1 aliphatic rings. The number of anilines is 1. The first kappa shape index (κ1) is 12.6. The number of aryl methyl sites for hydroxylation is 1. The number of nitrogens with zero attached hydrogens (tertiary/aromatic N) is 1. The van der Waals surface area contributed by atoms with Crippen LogP contribution in [0.25, 0.3) is 0 Å². The molecule has 2 aromatic rings. The first-order chi connectivity index (χ1) is 9.31. The molecule has 19 heavy (non-hydrogen) atoms. The van der Waals surface area contributed by atoms with Crippen molar-refractivity contribution in [2.45, 2.75) is 19.9 Å². The average molecular weight is 273 g/mol. The maximum Gasteiger partial charge on any atom is 0.0897 e. The molecular weight excluding hydrogens is 254 g/mol. The van der Waals surface area contributed by atoms with Gasteiger partial charge in [0.1, 0.15) is 0 Å². The largest absolute Gasteiger partial charge is 0.384 e. The predicted octanol–water partition coefficient (Wildman–Crippen LogP) is 2.83. The number of para-hydroxylation sites is 1. The number of aromatic nitrogens is 1. The number of nitrogens with one attached hydrogen (secondary N) is 2. The number of hydrogen-bond acceptors (Lipinski definition) is 4. The van der Waals surface area contributed by atoms with Crippen LogP contribution in [0, 0.1) is 12.8 Å². The molecule has 1 aliphatic heterocycles. The van der Waals surface area contributed by atoms with E-state index in [0.717, 1.165) is 31.1 Å². The predicted molar refractivity (Wildman–Crippen MR) is 80.7 cm³/mol. The highest BCUT2D eigenvalue weighted by molar-refractivity contribution is 7.11. The Hall–Kier alpha value is -1.39. The normalized spacial score (nSPS) is 17.8. The minimum atomic E-state index is 0.670. The second kappa shape index (κ2) is 5.72. The molecule has 3 rings (SSSR count). The van der Waals surface area contributed by atoms with E-state index in [4.69, 9.17) is 0 Å². The minimum absolute atomic E-state index is 0.670. The van der Waals surface area contributed by atoms with Crippen LogP contribution in [0.5, 0.6) is 0 Å². The number of hydrogen-bond donors (Lipinski definition) is 2. The molecule has 4 heteroatoms. The van der Waals surface area contributed by atoms with Crippen LogP contribution in [0.2, 0.25) is 0 Å². The molecular formula is C15H19N3S. The fourth-order valence-corrected chi connectivity index (χ4v) is 3.30. The highest BCUT2D eigenvalue weighted by Crippen LogP contribution is 2.23. The molecule has 1 atom stereocenters.